The molecule has 0 spiro atoms. The second-order valence-corrected chi connectivity index (χ2v) is 6.57. The van der Waals surface area contributed by atoms with Gasteiger partial charge in [0.25, 0.3) is 0 Å². The molecule has 0 aromatic carbocycles. The highest BCUT2D eigenvalue weighted by Crippen LogP contribution is 2.52. The number of hydrogen-bond acceptors (Lipinski definition) is 3. The molecule has 21 heavy (non-hydrogen) atoms. The van der Waals surface area contributed by atoms with E-state index < -0.39 is 11.9 Å². The van der Waals surface area contributed by atoms with Crippen LogP contribution >= 0.6 is 0 Å². The Kier molecular flexibility index (Phi) is 4.61. The number of carboxylic acids is 1. The number of methoxy groups -OCH3 is 1. The zero-order valence-electron chi connectivity index (χ0n) is 13.4. The first-order valence-electron chi connectivity index (χ1n) is 7.98. The van der Waals surface area contributed by atoms with Crippen LogP contribution in [-0.2, 0) is 14.3 Å². The lowest BCUT2D eigenvalue weighted by molar-refractivity contribution is -0.176. The fourth-order valence-electron chi connectivity index (χ4n) is 4.47. The summed E-state index contributed by atoms with van der Waals surface area (Å²) in [7, 11) is 1.73. The third-order valence-electron chi connectivity index (χ3n) is 5.99. The number of aliphatic carboxylic acids is 1. The smallest absolute Gasteiger partial charge is 0.307 e. The Balaban J connectivity index is 2.05. The number of carbonyl (C=O) groups is 2. The Morgan fingerprint density at radius 2 is 1.81 bits per heavy atom. The van der Waals surface area contributed by atoms with E-state index in [0.29, 0.717) is 12.8 Å². The minimum absolute atomic E-state index is 0.0215. The van der Waals surface area contributed by atoms with E-state index in [2.05, 4.69) is 26.1 Å². The van der Waals surface area contributed by atoms with Crippen molar-refractivity contribution in [1.82, 2.24) is 5.32 Å². The number of ether oxygens (including phenoxy) is 1. The van der Waals surface area contributed by atoms with Crippen LogP contribution in [0.2, 0.25) is 0 Å². The van der Waals surface area contributed by atoms with Gasteiger partial charge in [-0.15, -0.1) is 0 Å². The summed E-state index contributed by atoms with van der Waals surface area (Å²) in [5, 5.41) is 12.2. The maximum Gasteiger partial charge on any atom is 0.307 e. The third kappa shape index (κ3) is 2.35. The van der Waals surface area contributed by atoms with E-state index in [1.807, 2.05) is 0 Å². The number of amides is 1. The summed E-state index contributed by atoms with van der Waals surface area (Å²) in [5.74, 6) is -1.54. The molecule has 5 heteroatoms. The molecule has 2 rings (SSSR count). The summed E-state index contributed by atoms with van der Waals surface area (Å²) in [6.07, 6.45) is 3.35. The SMILES string of the molecule is CCC1(CC)C(NC(=O)C2CCC2C(=O)O)C(C)C1OC. The molecule has 2 aliphatic carbocycles. The topological polar surface area (TPSA) is 75.6 Å². The van der Waals surface area contributed by atoms with Crippen LogP contribution in [0.5, 0.6) is 0 Å². The average Bonchev–Trinajstić information content (AvgIpc) is 2.39. The molecule has 5 nitrogen and oxygen atoms in total. The molecule has 2 saturated carbocycles. The Bertz CT molecular complexity index is 419. The second-order valence-electron chi connectivity index (χ2n) is 6.57. The molecule has 2 aliphatic rings. The summed E-state index contributed by atoms with van der Waals surface area (Å²) in [5.41, 5.74) is -0.0215. The van der Waals surface area contributed by atoms with Crippen LogP contribution in [0.4, 0.5) is 0 Å². The highest BCUT2D eigenvalue weighted by Gasteiger charge is 2.59. The van der Waals surface area contributed by atoms with Crippen LogP contribution in [0.1, 0.15) is 46.5 Å². The van der Waals surface area contributed by atoms with E-state index in [-0.39, 0.29) is 35.3 Å². The Labute approximate surface area is 126 Å². The fourth-order valence-corrected chi connectivity index (χ4v) is 4.47. The van der Waals surface area contributed by atoms with Gasteiger partial charge in [-0.1, -0.05) is 20.8 Å². The molecule has 0 bridgehead atoms. The summed E-state index contributed by atoms with van der Waals surface area (Å²) >= 11 is 0. The van der Waals surface area contributed by atoms with Crippen molar-refractivity contribution in [2.24, 2.45) is 23.2 Å². The van der Waals surface area contributed by atoms with Crippen molar-refractivity contribution in [2.75, 3.05) is 7.11 Å². The molecule has 0 saturated heterocycles. The minimum atomic E-state index is -0.852. The minimum Gasteiger partial charge on any atom is -0.481 e. The van der Waals surface area contributed by atoms with Crippen LogP contribution in [0.25, 0.3) is 0 Å². The number of carboxylic acid groups (broad SMARTS) is 1. The van der Waals surface area contributed by atoms with Gasteiger partial charge in [0.1, 0.15) is 0 Å². The largest absolute Gasteiger partial charge is 0.481 e. The van der Waals surface area contributed by atoms with E-state index in [4.69, 9.17) is 9.84 Å². The average molecular weight is 297 g/mol. The zero-order chi connectivity index (χ0) is 15.8. The van der Waals surface area contributed by atoms with Crippen LogP contribution in [0.15, 0.2) is 0 Å². The van der Waals surface area contributed by atoms with Gasteiger partial charge in [-0.25, -0.2) is 0 Å². The monoisotopic (exact) mass is 297 g/mol. The van der Waals surface area contributed by atoms with Gasteiger partial charge in [0, 0.05) is 24.5 Å². The number of hydrogen-bond donors (Lipinski definition) is 2. The maximum atomic E-state index is 12.4. The summed E-state index contributed by atoms with van der Waals surface area (Å²) in [4.78, 5) is 23.5. The van der Waals surface area contributed by atoms with Crippen molar-refractivity contribution in [1.29, 1.82) is 0 Å². The lowest BCUT2D eigenvalue weighted by atomic mass is 9.53. The van der Waals surface area contributed by atoms with Crippen LogP contribution < -0.4 is 5.32 Å². The molecule has 0 radical (unpaired) electrons. The highest BCUT2D eigenvalue weighted by molar-refractivity contribution is 5.86. The van der Waals surface area contributed by atoms with Crippen molar-refractivity contribution in [3.63, 3.8) is 0 Å². The second kappa shape index (κ2) is 5.95. The van der Waals surface area contributed by atoms with Gasteiger partial charge >= 0.3 is 5.97 Å². The molecule has 0 heterocycles. The first kappa shape index (κ1) is 16.3. The molecular formula is C16H27NO4. The zero-order valence-corrected chi connectivity index (χ0v) is 13.4. The predicted molar refractivity (Wildman–Crippen MR) is 78.8 cm³/mol. The van der Waals surface area contributed by atoms with Crippen molar-refractivity contribution >= 4 is 11.9 Å². The number of carbonyl (C=O) groups excluding carboxylic acids is 1. The summed E-state index contributed by atoms with van der Waals surface area (Å²) in [6, 6.07) is 0.0833. The molecule has 0 aliphatic heterocycles. The molecule has 1 amide bonds. The highest BCUT2D eigenvalue weighted by atomic mass is 16.5. The first-order valence-corrected chi connectivity index (χ1v) is 7.98. The number of nitrogens with one attached hydrogen (secondary N) is 1. The van der Waals surface area contributed by atoms with Gasteiger partial charge in [0.15, 0.2) is 0 Å². The molecule has 5 atom stereocenters. The molecule has 120 valence electrons. The van der Waals surface area contributed by atoms with E-state index in [1.54, 1.807) is 7.11 Å². The lowest BCUT2D eigenvalue weighted by Gasteiger charge is -2.60. The van der Waals surface area contributed by atoms with Gasteiger partial charge in [-0.2, -0.15) is 0 Å². The van der Waals surface area contributed by atoms with Crippen molar-refractivity contribution in [3.8, 4) is 0 Å². The Morgan fingerprint density at radius 1 is 1.24 bits per heavy atom. The first-order chi connectivity index (χ1) is 9.92. The molecule has 5 unspecified atom stereocenters. The van der Waals surface area contributed by atoms with E-state index >= 15 is 0 Å². The van der Waals surface area contributed by atoms with Gasteiger partial charge in [0.05, 0.1) is 17.9 Å². The summed E-state index contributed by atoms with van der Waals surface area (Å²) in [6.45, 7) is 6.35. The van der Waals surface area contributed by atoms with Crippen LogP contribution in [0, 0.1) is 23.2 Å². The lowest BCUT2D eigenvalue weighted by Crippen LogP contribution is -2.70. The predicted octanol–water partition coefficient (Wildman–Crippen LogP) is 2.05. The van der Waals surface area contributed by atoms with Gasteiger partial charge in [-0.3, -0.25) is 9.59 Å². The maximum absolute atomic E-state index is 12.4. The Morgan fingerprint density at radius 3 is 2.19 bits per heavy atom. The fraction of sp³-hybridized carbons (Fsp3) is 0.875. The molecule has 0 aromatic heterocycles. The standard InChI is InChI=1S/C16H27NO4/c1-5-16(6-2)12(9(3)13(16)21-4)17-14(18)10-7-8-11(10)15(19)20/h9-13H,5-8H2,1-4H3,(H,17,18)(H,19,20). The van der Waals surface area contributed by atoms with Crippen molar-refractivity contribution in [2.45, 2.75) is 58.6 Å². The third-order valence-corrected chi connectivity index (χ3v) is 5.99. The van der Waals surface area contributed by atoms with Gasteiger partial charge in [-0.05, 0) is 25.7 Å². The normalized spacial score (nSPS) is 37.2. The van der Waals surface area contributed by atoms with E-state index in [1.165, 1.54) is 0 Å². The van der Waals surface area contributed by atoms with Gasteiger partial charge in [0.2, 0.25) is 5.91 Å². The molecule has 2 fully saturated rings. The molecule has 0 aromatic rings. The van der Waals surface area contributed by atoms with E-state index in [9.17, 15) is 9.59 Å². The number of rotatable bonds is 6. The quantitative estimate of drug-likeness (QED) is 0.787. The van der Waals surface area contributed by atoms with Crippen molar-refractivity contribution in [3.05, 3.63) is 0 Å². The van der Waals surface area contributed by atoms with Crippen LogP contribution in [-0.4, -0.2) is 36.2 Å². The van der Waals surface area contributed by atoms with Crippen LogP contribution in [0.3, 0.4) is 0 Å². The molecular weight excluding hydrogens is 270 g/mol. The Hall–Kier alpha value is -1.10. The van der Waals surface area contributed by atoms with Crippen molar-refractivity contribution < 1.29 is 19.4 Å². The molecule has 2 N–H and O–H groups in total. The van der Waals surface area contributed by atoms with Gasteiger partial charge < -0.3 is 15.2 Å². The summed E-state index contributed by atoms with van der Waals surface area (Å²) < 4.78 is 5.62. The van der Waals surface area contributed by atoms with E-state index in [0.717, 1.165) is 12.8 Å².